The quantitative estimate of drug-likeness (QED) is 0.542. The number of rotatable bonds is 2. The third-order valence-electron chi connectivity index (χ3n) is 2.16. The van der Waals surface area contributed by atoms with Gasteiger partial charge in [0.05, 0.1) is 5.84 Å². The van der Waals surface area contributed by atoms with Crippen LogP contribution in [0.3, 0.4) is 0 Å². The van der Waals surface area contributed by atoms with Crippen molar-refractivity contribution in [3.05, 3.63) is 35.4 Å². The molecule has 0 aliphatic carbocycles. The van der Waals surface area contributed by atoms with Gasteiger partial charge >= 0.3 is 0 Å². The van der Waals surface area contributed by atoms with Gasteiger partial charge in [0.25, 0.3) is 0 Å². The summed E-state index contributed by atoms with van der Waals surface area (Å²) < 4.78 is 0. The molecule has 0 amide bonds. The second kappa shape index (κ2) is 4.08. The van der Waals surface area contributed by atoms with Crippen LogP contribution >= 0.6 is 0 Å². The molecule has 0 aliphatic rings. The van der Waals surface area contributed by atoms with E-state index in [4.69, 9.17) is 5.41 Å². The Balaban J connectivity index is 2.75. The molecule has 13 heavy (non-hydrogen) atoms. The third-order valence-corrected chi connectivity index (χ3v) is 2.16. The summed E-state index contributed by atoms with van der Waals surface area (Å²) in [6.45, 7) is 2.08. The smallest absolute Gasteiger partial charge is 0.0997 e. The van der Waals surface area contributed by atoms with Crippen LogP contribution in [0.25, 0.3) is 0 Å². The van der Waals surface area contributed by atoms with Gasteiger partial charge in [-0.1, -0.05) is 24.3 Å². The Morgan fingerprint density at radius 2 is 1.92 bits per heavy atom. The highest BCUT2D eigenvalue weighted by molar-refractivity contribution is 5.81. The topological polar surface area (TPSA) is 27.1 Å². The molecule has 0 bridgehead atoms. The highest BCUT2D eigenvalue weighted by atomic mass is 15.1. The minimum atomic E-state index is 0.648. The Morgan fingerprint density at radius 1 is 1.31 bits per heavy atom. The minimum Gasteiger partial charge on any atom is -0.366 e. The van der Waals surface area contributed by atoms with Crippen molar-refractivity contribution in [2.24, 2.45) is 0 Å². The number of benzene rings is 1. The van der Waals surface area contributed by atoms with Gasteiger partial charge in [-0.05, 0) is 18.1 Å². The van der Waals surface area contributed by atoms with Crippen LogP contribution in [0.15, 0.2) is 24.3 Å². The molecule has 1 rings (SSSR count). The van der Waals surface area contributed by atoms with Gasteiger partial charge < -0.3 is 4.90 Å². The van der Waals surface area contributed by atoms with Crippen LogP contribution in [0.1, 0.15) is 11.1 Å². The molecule has 0 unspecified atom stereocenters. The van der Waals surface area contributed by atoms with E-state index in [0.717, 1.165) is 6.42 Å². The number of nitrogens with one attached hydrogen (secondary N) is 1. The molecule has 2 heteroatoms. The summed E-state index contributed by atoms with van der Waals surface area (Å²) >= 11 is 0. The van der Waals surface area contributed by atoms with E-state index in [1.54, 1.807) is 0 Å². The molecule has 0 fully saturated rings. The largest absolute Gasteiger partial charge is 0.366 e. The number of likely N-dealkylation sites (N-methyl/N-ethyl adjacent to an activating group) is 1. The first-order valence-corrected chi connectivity index (χ1v) is 4.40. The molecule has 0 atom stereocenters. The van der Waals surface area contributed by atoms with Gasteiger partial charge in [0.15, 0.2) is 0 Å². The van der Waals surface area contributed by atoms with E-state index in [0.29, 0.717) is 5.84 Å². The van der Waals surface area contributed by atoms with Crippen molar-refractivity contribution in [3.63, 3.8) is 0 Å². The van der Waals surface area contributed by atoms with Crippen molar-refractivity contribution in [1.29, 1.82) is 5.41 Å². The molecule has 2 nitrogen and oxygen atoms in total. The maximum Gasteiger partial charge on any atom is 0.0997 e. The molecule has 0 aliphatic heterocycles. The van der Waals surface area contributed by atoms with Crippen LogP contribution in [-0.2, 0) is 6.42 Å². The lowest BCUT2D eigenvalue weighted by molar-refractivity contribution is 0.604. The van der Waals surface area contributed by atoms with E-state index in [2.05, 4.69) is 19.1 Å². The number of hydrogen-bond donors (Lipinski definition) is 1. The van der Waals surface area contributed by atoms with Gasteiger partial charge in [0, 0.05) is 20.5 Å². The summed E-state index contributed by atoms with van der Waals surface area (Å²) in [6.07, 6.45) is 0.722. The molecular weight excluding hydrogens is 160 g/mol. The molecule has 0 saturated carbocycles. The Labute approximate surface area is 79.7 Å². The first-order valence-electron chi connectivity index (χ1n) is 4.40. The molecule has 0 saturated heterocycles. The molecule has 1 aromatic rings. The minimum absolute atomic E-state index is 0.648. The maximum absolute atomic E-state index is 7.70. The van der Waals surface area contributed by atoms with E-state index in [9.17, 15) is 0 Å². The average molecular weight is 176 g/mol. The zero-order chi connectivity index (χ0) is 9.84. The van der Waals surface area contributed by atoms with E-state index in [-0.39, 0.29) is 0 Å². The van der Waals surface area contributed by atoms with Gasteiger partial charge in [-0.3, -0.25) is 5.41 Å². The van der Waals surface area contributed by atoms with E-state index in [1.165, 1.54) is 11.1 Å². The normalized spacial score (nSPS) is 9.77. The second-order valence-corrected chi connectivity index (χ2v) is 3.44. The van der Waals surface area contributed by atoms with E-state index in [1.807, 2.05) is 31.1 Å². The third kappa shape index (κ3) is 2.58. The molecule has 1 aromatic carbocycles. The summed E-state index contributed by atoms with van der Waals surface area (Å²) in [6, 6.07) is 8.20. The molecular formula is C11H16N2. The summed E-state index contributed by atoms with van der Waals surface area (Å²) in [5, 5.41) is 7.70. The lowest BCUT2D eigenvalue weighted by atomic mass is 10.1. The van der Waals surface area contributed by atoms with Gasteiger partial charge in [0.2, 0.25) is 0 Å². The Hall–Kier alpha value is -1.31. The fourth-order valence-electron chi connectivity index (χ4n) is 1.15. The maximum atomic E-state index is 7.70. The van der Waals surface area contributed by atoms with Gasteiger partial charge in [-0.15, -0.1) is 0 Å². The van der Waals surface area contributed by atoms with E-state index < -0.39 is 0 Å². The van der Waals surface area contributed by atoms with Crippen LogP contribution in [0.2, 0.25) is 0 Å². The highest BCUT2D eigenvalue weighted by Crippen LogP contribution is 2.08. The zero-order valence-electron chi connectivity index (χ0n) is 8.46. The first-order chi connectivity index (χ1) is 6.11. The van der Waals surface area contributed by atoms with Gasteiger partial charge in [-0.2, -0.15) is 0 Å². The monoisotopic (exact) mass is 176 g/mol. The van der Waals surface area contributed by atoms with E-state index >= 15 is 0 Å². The molecule has 70 valence electrons. The Bertz CT molecular complexity index is 303. The van der Waals surface area contributed by atoms with Crippen molar-refractivity contribution in [2.75, 3.05) is 14.1 Å². The molecule has 0 spiro atoms. The average Bonchev–Trinajstić information content (AvgIpc) is 2.08. The second-order valence-electron chi connectivity index (χ2n) is 3.44. The lowest BCUT2D eigenvalue weighted by Crippen LogP contribution is -2.23. The SMILES string of the molecule is Cc1ccccc1CC(=N)N(C)C. The standard InChI is InChI=1S/C11H16N2/c1-9-6-4-5-7-10(9)8-11(12)13(2)3/h4-7,12H,8H2,1-3H3. The van der Waals surface area contributed by atoms with Crippen LogP contribution in [0, 0.1) is 12.3 Å². The highest BCUT2D eigenvalue weighted by Gasteiger charge is 2.02. The van der Waals surface area contributed by atoms with Crippen molar-refractivity contribution < 1.29 is 0 Å². The number of aryl methyl sites for hydroxylation is 1. The Kier molecular flexibility index (Phi) is 3.07. The molecule has 0 heterocycles. The van der Waals surface area contributed by atoms with Gasteiger partial charge in [-0.25, -0.2) is 0 Å². The summed E-state index contributed by atoms with van der Waals surface area (Å²) in [5.41, 5.74) is 2.50. The zero-order valence-corrected chi connectivity index (χ0v) is 8.46. The molecule has 0 radical (unpaired) electrons. The van der Waals surface area contributed by atoms with Crippen molar-refractivity contribution >= 4 is 5.84 Å². The van der Waals surface area contributed by atoms with Crippen LogP contribution in [-0.4, -0.2) is 24.8 Å². The number of nitrogens with zero attached hydrogens (tertiary/aromatic N) is 1. The predicted octanol–water partition coefficient (Wildman–Crippen LogP) is 2.08. The predicted molar refractivity (Wildman–Crippen MR) is 56.3 cm³/mol. The fourth-order valence-corrected chi connectivity index (χ4v) is 1.15. The Morgan fingerprint density at radius 3 is 2.46 bits per heavy atom. The van der Waals surface area contributed by atoms with Crippen molar-refractivity contribution in [1.82, 2.24) is 4.90 Å². The number of amidine groups is 1. The molecule has 0 aromatic heterocycles. The fraction of sp³-hybridized carbons (Fsp3) is 0.364. The summed E-state index contributed by atoms with van der Waals surface area (Å²) in [5.74, 6) is 0.648. The van der Waals surface area contributed by atoms with Crippen LogP contribution in [0.5, 0.6) is 0 Å². The lowest BCUT2D eigenvalue weighted by Gasteiger charge is -2.14. The van der Waals surface area contributed by atoms with Crippen molar-refractivity contribution in [2.45, 2.75) is 13.3 Å². The van der Waals surface area contributed by atoms with Crippen LogP contribution < -0.4 is 0 Å². The number of hydrogen-bond acceptors (Lipinski definition) is 1. The molecule has 1 N–H and O–H groups in total. The summed E-state index contributed by atoms with van der Waals surface area (Å²) in [4.78, 5) is 1.84. The van der Waals surface area contributed by atoms with Crippen LogP contribution in [0.4, 0.5) is 0 Å². The van der Waals surface area contributed by atoms with Gasteiger partial charge in [0.1, 0.15) is 0 Å². The van der Waals surface area contributed by atoms with Crippen molar-refractivity contribution in [3.8, 4) is 0 Å². The summed E-state index contributed by atoms with van der Waals surface area (Å²) in [7, 11) is 3.81. The first kappa shape index (κ1) is 9.78.